The molecule has 0 fully saturated rings. The summed E-state index contributed by atoms with van der Waals surface area (Å²) in [5.41, 5.74) is 0.714. The summed E-state index contributed by atoms with van der Waals surface area (Å²) >= 11 is 6.16. The third-order valence-corrected chi connectivity index (χ3v) is 4.10. The fourth-order valence-corrected chi connectivity index (χ4v) is 2.77. The van der Waals surface area contributed by atoms with Gasteiger partial charge < -0.3 is 10.1 Å². The van der Waals surface area contributed by atoms with Crippen molar-refractivity contribution in [1.29, 1.82) is 0 Å². The molecule has 1 N–H and O–H groups in total. The second kappa shape index (κ2) is 8.96. The molecule has 0 aliphatic rings. The summed E-state index contributed by atoms with van der Waals surface area (Å²) in [4.78, 5) is 34.6. The SMILES string of the molecule is COC(=O)C[C@@H](NC(=O)Cc1ccccc1[N+](=O)[O-])c1ccccc1Cl. The van der Waals surface area contributed by atoms with Crippen molar-refractivity contribution in [2.24, 2.45) is 0 Å². The highest BCUT2D eigenvalue weighted by Gasteiger charge is 2.22. The number of hydrogen-bond acceptors (Lipinski definition) is 5. The lowest BCUT2D eigenvalue weighted by Crippen LogP contribution is -2.32. The molecule has 2 rings (SSSR count). The van der Waals surface area contributed by atoms with Gasteiger partial charge >= 0.3 is 5.97 Å². The summed E-state index contributed by atoms with van der Waals surface area (Å²) in [7, 11) is 1.25. The van der Waals surface area contributed by atoms with Crippen LogP contribution in [0.3, 0.4) is 0 Å². The van der Waals surface area contributed by atoms with Gasteiger partial charge in [0.1, 0.15) is 0 Å². The number of ether oxygens (including phenoxy) is 1. The third-order valence-electron chi connectivity index (χ3n) is 3.75. The van der Waals surface area contributed by atoms with Crippen LogP contribution in [0, 0.1) is 10.1 Å². The average molecular weight is 377 g/mol. The van der Waals surface area contributed by atoms with E-state index < -0.39 is 22.8 Å². The topological polar surface area (TPSA) is 98.5 Å². The van der Waals surface area contributed by atoms with Gasteiger partial charge in [-0.15, -0.1) is 0 Å². The maximum Gasteiger partial charge on any atom is 0.307 e. The number of halogens is 1. The van der Waals surface area contributed by atoms with Crippen molar-refractivity contribution < 1.29 is 19.2 Å². The highest BCUT2D eigenvalue weighted by atomic mass is 35.5. The summed E-state index contributed by atoms with van der Waals surface area (Å²) in [6.45, 7) is 0. The van der Waals surface area contributed by atoms with Gasteiger partial charge in [0.2, 0.25) is 5.91 Å². The molecule has 0 heterocycles. The lowest BCUT2D eigenvalue weighted by Gasteiger charge is -2.19. The number of esters is 1. The van der Waals surface area contributed by atoms with E-state index in [4.69, 9.17) is 11.6 Å². The van der Waals surface area contributed by atoms with Gasteiger partial charge in [-0.1, -0.05) is 48.0 Å². The molecule has 2 aromatic carbocycles. The molecule has 0 bridgehead atoms. The van der Waals surface area contributed by atoms with Crippen molar-refractivity contribution in [3.8, 4) is 0 Å². The van der Waals surface area contributed by atoms with Crippen LogP contribution in [0.5, 0.6) is 0 Å². The Morgan fingerprint density at radius 2 is 1.85 bits per heavy atom. The Labute approximate surface area is 155 Å². The normalized spacial score (nSPS) is 11.5. The van der Waals surface area contributed by atoms with E-state index in [-0.39, 0.29) is 24.1 Å². The zero-order valence-electron chi connectivity index (χ0n) is 14.0. The first-order valence-electron chi connectivity index (χ1n) is 7.75. The largest absolute Gasteiger partial charge is 0.469 e. The van der Waals surface area contributed by atoms with E-state index in [1.165, 1.54) is 25.3 Å². The molecule has 1 amide bonds. The van der Waals surface area contributed by atoms with Gasteiger partial charge in [0.15, 0.2) is 0 Å². The number of benzene rings is 2. The van der Waals surface area contributed by atoms with Gasteiger partial charge in [0.25, 0.3) is 5.69 Å². The summed E-state index contributed by atoms with van der Waals surface area (Å²) < 4.78 is 4.67. The standard InChI is InChI=1S/C18H17ClN2O5/c1-26-18(23)11-15(13-7-3-4-8-14(13)19)20-17(22)10-12-6-2-5-9-16(12)21(24)25/h2-9,15H,10-11H2,1H3,(H,20,22)/t15-/m1/s1. The van der Waals surface area contributed by atoms with Crippen LogP contribution in [0.4, 0.5) is 5.69 Å². The number of hydrogen-bond donors (Lipinski definition) is 1. The molecule has 2 aromatic rings. The number of carbonyl (C=O) groups is 2. The van der Waals surface area contributed by atoms with E-state index in [2.05, 4.69) is 10.1 Å². The first-order valence-corrected chi connectivity index (χ1v) is 8.13. The molecule has 0 saturated heterocycles. The van der Waals surface area contributed by atoms with Gasteiger partial charge in [-0.2, -0.15) is 0 Å². The monoisotopic (exact) mass is 376 g/mol. The number of nitro benzene ring substituents is 1. The Kier molecular flexibility index (Phi) is 6.68. The Hall–Kier alpha value is -2.93. The van der Waals surface area contributed by atoms with E-state index in [1.54, 1.807) is 30.3 Å². The fraction of sp³-hybridized carbons (Fsp3) is 0.222. The Morgan fingerprint density at radius 3 is 2.50 bits per heavy atom. The van der Waals surface area contributed by atoms with Crippen molar-refractivity contribution in [2.75, 3.05) is 7.11 Å². The molecular formula is C18H17ClN2O5. The molecule has 0 aliphatic carbocycles. The third kappa shape index (κ3) is 5.03. The van der Waals surface area contributed by atoms with Crippen molar-refractivity contribution in [3.63, 3.8) is 0 Å². The van der Waals surface area contributed by atoms with E-state index in [0.717, 1.165) is 0 Å². The van der Waals surface area contributed by atoms with Gasteiger partial charge in [0.05, 0.1) is 30.9 Å². The van der Waals surface area contributed by atoms with Crippen LogP contribution in [-0.2, 0) is 20.7 Å². The van der Waals surface area contributed by atoms with Gasteiger partial charge in [0, 0.05) is 16.7 Å². The van der Waals surface area contributed by atoms with Crippen LogP contribution >= 0.6 is 11.6 Å². The molecule has 136 valence electrons. The lowest BCUT2D eigenvalue weighted by atomic mass is 10.0. The Balaban J connectivity index is 2.20. The predicted octanol–water partition coefficient (Wildman–Crippen LogP) is 3.21. The quantitative estimate of drug-likeness (QED) is 0.454. The van der Waals surface area contributed by atoms with E-state index in [1.807, 2.05) is 0 Å². The van der Waals surface area contributed by atoms with Crippen LogP contribution in [0.2, 0.25) is 5.02 Å². The minimum absolute atomic E-state index is 0.108. The summed E-state index contributed by atoms with van der Waals surface area (Å²) in [5.74, 6) is -0.978. The van der Waals surface area contributed by atoms with Crippen LogP contribution in [0.15, 0.2) is 48.5 Å². The Morgan fingerprint density at radius 1 is 1.19 bits per heavy atom. The van der Waals surface area contributed by atoms with E-state index in [9.17, 15) is 19.7 Å². The second-order valence-electron chi connectivity index (χ2n) is 5.48. The molecular weight excluding hydrogens is 360 g/mol. The molecule has 0 saturated carbocycles. The molecule has 0 aromatic heterocycles. The average Bonchev–Trinajstić information content (AvgIpc) is 2.61. The molecule has 0 unspecified atom stereocenters. The van der Waals surface area contributed by atoms with Crippen LogP contribution in [-0.4, -0.2) is 23.9 Å². The minimum Gasteiger partial charge on any atom is -0.469 e. The molecule has 0 aliphatic heterocycles. The molecule has 7 nitrogen and oxygen atoms in total. The van der Waals surface area contributed by atoms with E-state index >= 15 is 0 Å². The number of rotatable bonds is 7. The predicted molar refractivity (Wildman–Crippen MR) is 95.8 cm³/mol. The number of amides is 1. The number of para-hydroxylation sites is 1. The van der Waals surface area contributed by atoms with Crippen LogP contribution in [0.1, 0.15) is 23.6 Å². The number of methoxy groups -OCH3 is 1. The first kappa shape index (κ1) is 19.4. The van der Waals surface area contributed by atoms with Crippen LogP contribution < -0.4 is 5.32 Å². The number of nitrogens with zero attached hydrogens (tertiary/aromatic N) is 1. The maximum absolute atomic E-state index is 12.4. The zero-order chi connectivity index (χ0) is 19.1. The first-order chi connectivity index (χ1) is 12.4. The van der Waals surface area contributed by atoms with Gasteiger partial charge in [-0.3, -0.25) is 19.7 Å². The summed E-state index contributed by atoms with van der Waals surface area (Å²) in [6.07, 6.45) is -0.303. The molecule has 1 atom stereocenters. The minimum atomic E-state index is -0.702. The number of nitrogens with one attached hydrogen (secondary N) is 1. The molecule has 0 radical (unpaired) electrons. The zero-order valence-corrected chi connectivity index (χ0v) is 14.7. The van der Waals surface area contributed by atoms with Crippen molar-refractivity contribution in [3.05, 3.63) is 74.8 Å². The Bertz CT molecular complexity index is 825. The number of carbonyl (C=O) groups excluding carboxylic acids is 2. The number of nitro groups is 1. The van der Waals surface area contributed by atoms with Crippen molar-refractivity contribution in [1.82, 2.24) is 5.32 Å². The van der Waals surface area contributed by atoms with Gasteiger partial charge in [-0.25, -0.2) is 0 Å². The van der Waals surface area contributed by atoms with Crippen molar-refractivity contribution in [2.45, 2.75) is 18.9 Å². The van der Waals surface area contributed by atoms with Crippen LogP contribution in [0.25, 0.3) is 0 Å². The van der Waals surface area contributed by atoms with E-state index in [0.29, 0.717) is 10.6 Å². The fourth-order valence-electron chi connectivity index (χ4n) is 2.50. The molecule has 0 spiro atoms. The molecule has 8 heteroatoms. The van der Waals surface area contributed by atoms with Gasteiger partial charge in [-0.05, 0) is 11.6 Å². The lowest BCUT2D eigenvalue weighted by molar-refractivity contribution is -0.385. The highest BCUT2D eigenvalue weighted by molar-refractivity contribution is 6.31. The smallest absolute Gasteiger partial charge is 0.307 e. The maximum atomic E-state index is 12.4. The van der Waals surface area contributed by atoms with Crippen molar-refractivity contribution >= 4 is 29.2 Å². The summed E-state index contributed by atoms with van der Waals surface area (Å²) in [6, 6.07) is 12.1. The highest BCUT2D eigenvalue weighted by Crippen LogP contribution is 2.26. The second-order valence-corrected chi connectivity index (χ2v) is 5.89. The summed E-state index contributed by atoms with van der Waals surface area (Å²) in [5, 5.41) is 14.2. The molecule has 26 heavy (non-hydrogen) atoms.